The lowest BCUT2D eigenvalue weighted by molar-refractivity contribution is -0.126. The third-order valence-electron chi connectivity index (χ3n) is 3.35. The van der Waals surface area contributed by atoms with Gasteiger partial charge in [0.2, 0.25) is 11.8 Å². The Bertz CT molecular complexity index is 582. The topological polar surface area (TPSA) is 92.5 Å². The molecule has 2 heterocycles. The van der Waals surface area contributed by atoms with Crippen LogP contribution in [-0.4, -0.2) is 28.7 Å². The number of hydrogen-bond donors (Lipinski definition) is 2. The molecule has 1 atom stereocenters. The Hall–Kier alpha value is -2.37. The van der Waals surface area contributed by atoms with Gasteiger partial charge in [-0.05, 0) is 12.1 Å². The van der Waals surface area contributed by atoms with E-state index in [1.165, 1.54) is 4.90 Å². The number of carbonyl (C=O) groups is 3. The van der Waals surface area contributed by atoms with E-state index in [1.54, 1.807) is 18.2 Å². The maximum absolute atomic E-state index is 12.2. The molecule has 1 fully saturated rings. The summed E-state index contributed by atoms with van der Waals surface area (Å²) in [6, 6.07) is 4.39. The van der Waals surface area contributed by atoms with Crippen molar-refractivity contribution < 1.29 is 14.4 Å². The third-order valence-corrected chi connectivity index (χ3v) is 3.35. The Balaban J connectivity index is 1.95. The Morgan fingerprint density at radius 2 is 2.06 bits per heavy atom. The van der Waals surface area contributed by atoms with Crippen molar-refractivity contribution in [2.75, 3.05) is 5.73 Å². The molecule has 3 amide bonds. The molecule has 2 aliphatic heterocycles. The molecule has 6 heteroatoms. The second-order valence-corrected chi connectivity index (χ2v) is 4.44. The standard InChI is InChI=1S/C12H11N3O3/c13-8-3-1-2-6-7(8)5-15(12(6)18)9-4-10(16)14-11(9)17/h1-3,9H,4-5,13H2,(H,14,16,17). The zero-order chi connectivity index (χ0) is 12.9. The number of nitrogens with zero attached hydrogens (tertiary/aromatic N) is 1. The van der Waals surface area contributed by atoms with Crippen LogP contribution in [0.2, 0.25) is 0 Å². The number of carbonyl (C=O) groups excluding carboxylic acids is 3. The minimum atomic E-state index is -0.711. The quantitative estimate of drug-likeness (QED) is 0.522. The van der Waals surface area contributed by atoms with E-state index in [-0.39, 0.29) is 24.8 Å². The SMILES string of the molecule is Nc1cccc2c1CN(C1CC(=O)NC1=O)C2=O. The molecule has 0 aromatic heterocycles. The minimum Gasteiger partial charge on any atom is -0.398 e. The smallest absolute Gasteiger partial charge is 0.255 e. The predicted molar refractivity (Wildman–Crippen MR) is 62.3 cm³/mol. The first-order valence-corrected chi connectivity index (χ1v) is 5.60. The fraction of sp³-hybridized carbons (Fsp3) is 0.250. The summed E-state index contributed by atoms with van der Waals surface area (Å²) in [4.78, 5) is 36.3. The van der Waals surface area contributed by atoms with Crippen molar-refractivity contribution in [1.29, 1.82) is 0 Å². The maximum Gasteiger partial charge on any atom is 0.255 e. The van der Waals surface area contributed by atoms with Gasteiger partial charge in [-0.3, -0.25) is 19.7 Å². The summed E-state index contributed by atoms with van der Waals surface area (Å²) >= 11 is 0. The Labute approximate surface area is 103 Å². The van der Waals surface area contributed by atoms with Crippen molar-refractivity contribution in [1.82, 2.24) is 10.2 Å². The van der Waals surface area contributed by atoms with Gasteiger partial charge in [0.1, 0.15) is 6.04 Å². The zero-order valence-electron chi connectivity index (χ0n) is 9.47. The van der Waals surface area contributed by atoms with Gasteiger partial charge in [-0.1, -0.05) is 6.07 Å². The van der Waals surface area contributed by atoms with Gasteiger partial charge in [0, 0.05) is 23.4 Å². The highest BCUT2D eigenvalue weighted by Crippen LogP contribution is 2.30. The van der Waals surface area contributed by atoms with E-state index in [0.29, 0.717) is 11.3 Å². The van der Waals surface area contributed by atoms with Crippen molar-refractivity contribution in [3.8, 4) is 0 Å². The van der Waals surface area contributed by atoms with E-state index in [2.05, 4.69) is 5.32 Å². The fourth-order valence-electron chi connectivity index (χ4n) is 2.42. The first kappa shape index (κ1) is 10.8. The second-order valence-electron chi connectivity index (χ2n) is 4.44. The molecule has 1 aromatic carbocycles. The van der Waals surface area contributed by atoms with Crippen LogP contribution in [0.5, 0.6) is 0 Å². The van der Waals surface area contributed by atoms with Crippen molar-refractivity contribution in [3.05, 3.63) is 29.3 Å². The number of fused-ring (bicyclic) bond motifs is 1. The van der Waals surface area contributed by atoms with Crippen molar-refractivity contribution in [3.63, 3.8) is 0 Å². The number of hydrogen-bond acceptors (Lipinski definition) is 4. The van der Waals surface area contributed by atoms with Gasteiger partial charge in [-0.2, -0.15) is 0 Å². The summed E-state index contributed by atoms with van der Waals surface area (Å²) in [5, 5.41) is 2.20. The van der Waals surface area contributed by atoms with E-state index in [1.807, 2.05) is 0 Å². The predicted octanol–water partition coefficient (Wildman–Crippen LogP) is -0.360. The Morgan fingerprint density at radius 1 is 1.28 bits per heavy atom. The van der Waals surface area contributed by atoms with E-state index in [9.17, 15) is 14.4 Å². The van der Waals surface area contributed by atoms with Crippen LogP contribution in [0, 0.1) is 0 Å². The van der Waals surface area contributed by atoms with Gasteiger partial charge in [0.15, 0.2) is 0 Å². The summed E-state index contributed by atoms with van der Waals surface area (Å²) in [7, 11) is 0. The monoisotopic (exact) mass is 245 g/mol. The van der Waals surface area contributed by atoms with Crippen LogP contribution in [0.1, 0.15) is 22.3 Å². The van der Waals surface area contributed by atoms with Gasteiger partial charge < -0.3 is 10.6 Å². The summed E-state index contributed by atoms with van der Waals surface area (Å²) in [6.07, 6.45) is 0.0263. The molecule has 3 N–H and O–H groups in total. The maximum atomic E-state index is 12.2. The lowest BCUT2D eigenvalue weighted by Gasteiger charge is -2.20. The largest absolute Gasteiger partial charge is 0.398 e. The van der Waals surface area contributed by atoms with Crippen LogP contribution >= 0.6 is 0 Å². The molecule has 1 unspecified atom stereocenters. The average molecular weight is 245 g/mol. The number of benzene rings is 1. The molecule has 18 heavy (non-hydrogen) atoms. The Morgan fingerprint density at radius 3 is 2.67 bits per heavy atom. The lowest BCUT2D eigenvalue weighted by Crippen LogP contribution is -2.40. The number of nitrogens with one attached hydrogen (secondary N) is 1. The molecule has 0 aliphatic carbocycles. The highest BCUT2D eigenvalue weighted by molar-refractivity contribution is 6.09. The van der Waals surface area contributed by atoms with Gasteiger partial charge >= 0.3 is 0 Å². The first-order chi connectivity index (χ1) is 8.58. The van der Waals surface area contributed by atoms with E-state index in [0.717, 1.165) is 5.56 Å². The number of nitrogen functional groups attached to an aromatic ring is 1. The number of amides is 3. The van der Waals surface area contributed by atoms with Crippen LogP contribution in [0.3, 0.4) is 0 Å². The number of imide groups is 1. The first-order valence-electron chi connectivity index (χ1n) is 5.60. The Kier molecular flexibility index (Phi) is 2.13. The van der Waals surface area contributed by atoms with E-state index >= 15 is 0 Å². The molecule has 0 spiro atoms. The summed E-state index contributed by atoms with van der Waals surface area (Å²) in [6.45, 7) is 0.284. The van der Waals surface area contributed by atoms with Crippen LogP contribution in [0.4, 0.5) is 5.69 Å². The number of nitrogens with two attached hydrogens (primary N) is 1. The van der Waals surface area contributed by atoms with Crippen molar-refractivity contribution in [2.24, 2.45) is 0 Å². The highest BCUT2D eigenvalue weighted by Gasteiger charge is 2.41. The summed E-state index contributed by atoms with van der Waals surface area (Å²) < 4.78 is 0. The van der Waals surface area contributed by atoms with Crippen LogP contribution < -0.4 is 11.1 Å². The molecule has 0 radical (unpaired) electrons. The van der Waals surface area contributed by atoms with Crippen LogP contribution in [-0.2, 0) is 16.1 Å². The zero-order valence-corrected chi connectivity index (χ0v) is 9.47. The molecule has 6 nitrogen and oxygen atoms in total. The molecule has 0 saturated carbocycles. The van der Waals surface area contributed by atoms with Crippen molar-refractivity contribution >= 4 is 23.4 Å². The van der Waals surface area contributed by atoms with E-state index < -0.39 is 11.9 Å². The second kappa shape index (κ2) is 3.56. The molecule has 2 aliphatic rings. The van der Waals surface area contributed by atoms with Crippen molar-refractivity contribution in [2.45, 2.75) is 19.0 Å². The van der Waals surface area contributed by atoms with Gasteiger partial charge in [0.05, 0.1) is 6.42 Å². The minimum absolute atomic E-state index is 0.0263. The number of rotatable bonds is 1. The van der Waals surface area contributed by atoms with Gasteiger partial charge in [-0.15, -0.1) is 0 Å². The molecule has 1 aromatic rings. The molecular weight excluding hydrogens is 234 g/mol. The lowest BCUT2D eigenvalue weighted by atomic mass is 10.1. The molecule has 92 valence electrons. The summed E-state index contributed by atoms with van der Waals surface area (Å²) in [5.74, 6) is -1.01. The molecular formula is C12H11N3O3. The van der Waals surface area contributed by atoms with Gasteiger partial charge in [-0.25, -0.2) is 0 Å². The molecule has 3 rings (SSSR count). The fourth-order valence-corrected chi connectivity index (χ4v) is 2.42. The highest BCUT2D eigenvalue weighted by atomic mass is 16.2. The molecule has 0 bridgehead atoms. The third kappa shape index (κ3) is 1.38. The van der Waals surface area contributed by atoms with Crippen LogP contribution in [0.15, 0.2) is 18.2 Å². The van der Waals surface area contributed by atoms with E-state index in [4.69, 9.17) is 5.73 Å². The summed E-state index contributed by atoms with van der Waals surface area (Å²) in [5.41, 5.74) is 7.59. The van der Waals surface area contributed by atoms with Gasteiger partial charge in [0.25, 0.3) is 5.91 Å². The average Bonchev–Trinajstić information content (AvgIpc) is 2.81. The van der Waals surface area contributed by atoms with Crippen LogP contribution in [0.25, 0.3) is 0 Å². The molecule has 1 saturated heterocycles. The number of anilines is 1. The normalized spacial score (nSPS) is 22.3.